The Labute approximate surface area is 303 Å². The van der Waals surface area contributed by atoms with Crippen molar-refractivity contribution in [1.82, 2.24) is 5.32 Å². The van der Waals surface area contributed by atoms with Crippen LogP contribution in [0.15, 0.2) is 24.3 Å². The lowest BCUT2D eigenvalue weighted by atomic mass is 10.0. The number of carboxylic acid groups (broad SMARTS) is 1. The summed E-state index contributed by atoms with van der Waals surface area (Å²) in [6, 6.07) is -0.945. The van der Waals surface area contributed by atoms with Crippen molar-refractivity contribution in [2.75, 3.05) is 0 Å². The number of carbonyl (C=O) groups excluding carboxylic acids is 2. The van der Waals surface area contributed by atoms with Crippen LogP contribution in [-0.4, -0.2) is 35.1 Å². The highest BCUT2D eigenvalue weighted by atomic mass is 16.5. The van der Waals surface area contributed by atoms with E-state index in [1.165, 1.54) is 116 Å². The van der Waals surface area contributed by atoms with E-state index in [-0.39, 0.29) is 24.2 Å². The van der Waals surface area contributed by atoms with Crippen molar-refractivity contribution in [2.24, 2.45) is 5.92 Å². The highest BCUT2D eigenvalue weighted by molar-refractivity contribution is 5.84. The van der Waals surface area contributed by atoms with Crippen LogP contribution in [0.3, 0.4) is 0 Å². The second-order valence-electron chi connectivity index (χ2n) is 14.7. The van der Waals surface area contributed by atoms with Crippen LogP contribution in [-0.2, 0) is 19.1 Å². The molecule has 0 aromatic carbocycles. The SMILES string of the molecule is CCCCCCCCC=CCCCCCCCC(=O)OC(CCCCCCCC=CCCCCCCCC)CC(=O)N[C@H](C(=O)O)C(C)C. The van der Waals surface area contributed by atoms with Gasteiger partial charge in [0.25, 0.3) is 0 Å². The fourth-order valence-electron chi connectivity index (χ4n) is 6.18. The van der Waals surface area contributed by atoms with Gasteiger partial charge in [0.15, 0.2) is 0 Å². The van der Waals surface area contributed by atoms with Crippen LogP contribution < -0.4 is 5.32 Å². The minimum Gasteiger partial charge on any atom is -0.480 e. The average molecular weight is 690 g/mol. The molecule has 2 N–H and O–H groups in total. The van der Waals surface area contributed by atoms with Crippen LogP contribution >= 0.6 is 0 Å². The average Bonchev–Trinajstić information content (AvgIpc) is 3.06. The van der Waals surface area contributed by atoms with Crippen molar-refractivity contribution < 1.29 is 24.2 Å². The Bertz CT molecular complexity index is 836. The van der Waals surface area contributed by atoms with Gasteiger partial charge in [-0.15, -0.1) is 0 Å². The molecule has 0 saturated heterocycles. The fraction of sp³-hybridized carbons (Fsp3) is 0.837. The van der Waals surface area contributed by atoms with Crippen LogP contribution in [0.4, 0.5) is 0 Å². The van der Waals surface area contributed by atoms with E-state index >= 15 is 0 Å². The first-order chi connectivity index (χ1) is 23.8. The Balaban J connectivity index is 4.31. The summed E-state index contributed by atoms with van der Waals surface area (Å²) in [6.07, 6.45) is 41.3. The summed E-state index contributed by atoms with van der Waals surface area (Å²) < 4.78 is 5.80. The lowest BCUT2D eigenvalue weighted by Crippen LogP contribution is -2.45. The van der Waals surface area contributed by atoms with Gasteiger partial charge in [-0.1, -0.05) is 155 Å². The molecular weight excluding hydrogens is 610 g/mol. The van der Waals surface area contributed by atoms with Crippen molar-refractivity contribution in [1.29, 1.82) is 0 Å². The molecule has 0 radical (unpaired) electrons. The van der Waals surface area contributed by atoms with E-state index in [9.17, 15) is 19.5 Å². The van der Waals surface area contributed by atoms with E-state index in [0.717, 1.165) is 51.4 Å². The molecule has 1 amide bonds. The first-order valence-corrected chi connectivity index (χ1v) is 20.8. The number of amides is 1. The fourth-order valence-corrected chi connectivity index (χ4v) is 6.18. The van der Waals surface area contributed by atoms with Crippen LogP contribution in [0.2, 0.25) is 0 Å². The minimum absolute atomic E-state index is 0.0119. The highest BCUT2D eigenvalue weighted by Gasteiger charge is 2.26. The molecule has 0 rings (SSSR count). The molecule has 1 unspecified atom stereocenters. The van der Waals surface area contributed by atoms with Gasteiger partial charge in [-0.05, 0) is 76.5 Å². The first-order valence-electron chi connectivity index (χ1n) is 20.8. The van der Waals surface area contributed by atoms with Crippen molar-refractivity contribution in [2.45, 2.75) is 226 Å². The Morgan fingerprint density at radius 2 is 0.959 bits per heavy atom. The number of carboxylic acids is 1. The summed E-state index contributed by atoms with van der Waals surface area (Å²) in [6.45, 7) is 8.06. The third-order valence-electron chi connectivity index (χ3n) is 9.39. The summed E-state index contributed by atoms with van der Waals surface area (Å²) in [5, 5.41) is 12.1. The number of carbonyl (C=O) groups is 3. The van der Waals surface area contributed by atoms with Crippen LogP contribution in [0.25, 0.3) is 0 Å². The van der Waals surface area contributed by atoms with E-state index in [0.29, 0.717) is 12.8 Å². The predicted molar refractivity (Wildman–Crippen MR) is 208 cm³/mol. The molecule has 0 aliphatic heterocycles. The zero-order valence-corrected chi connectivity index (χ0v) is 32.6. The number of unbranched alkanes of at least 4 members (excludes halogenated alkanes) is 22. The number of hydrogen-bond acceptors (Lipinski definition) is 4. The smallest absolute Gasteiger partial charge is 0.326 e. The molecule has 0 aliphatic rings. The van der Waals surface area contributed by atoms with Crippen LogP contribution in [0.5, 0.6) is 0 Å². The third-order valence-corrected chi connectivity index (χ3v) is 9.39. The molecule has 6 heteroatoms. The molecule has 0 saturated carbocycles. The third kappa shape index (κ3) is 32.8. The summed E-state index contributed by atoms with van der Waals surface area (Å²) in [5.41, 5.74) is 0. The van der Waals surface area contributed by atoms with Crippen molar-refractivity contribution >= 4 is 17.8 Å². The quantitative estimate of drug-likeness (QED) is 0.0388. The van der Waals surface area contributed by atoms with Crippen molar-refractivity contribution in [3.8, 4) is 0 Å². The molecule has 286 valence electrons. The molecule has 0 aromatic rings. The molecule has 0 fully saturated rings. The summed E-state index contributed by atoms with van der Waals surface area (Å²) in [7, 11) is 0. The van der Waals surface area contributed by atoms with E-state index in [1.807, 2.05) is 0 Å². The predicted octanol–water partition coefficient (Wildman–Crippen LogP) is 12.6. The van der Waals surface area contributed by atoms with Gasteiger partial charge in [0, 0.05) is 6.42 Å². The Kier molecular flexibility index (Phi) is 34.2. The van der Waals surface area contributed by atoms with Crippen LogP contribution in [0, 0.1) is 5.92 Å². The van der Waals surface area contributed by atoms with Crippen molar-refractivity contribution in [3.05, 3.63) is 24.3 Å². The van der Waals surface area contributed by atoms with E-state index in [4.69, 9.17) is 4.74 Å². The van der Waals surface area contributed by atoms with E-state index in [1.54, 1.807) is 13.8 Å². The normalized spacial score (nSPS) is 13.0. The molecule has 49 heavy (non-hydrogen) atoms. The Morgan fingerprint density at radius 1 is 0.571 bits per heavy atom. The van der Waals surface area contributed by atoms with Gasteiger partial charge in [0.1, 0.15) is 12.1 Å². The molecule has 0 spiro atoms. The van der Waals surface area contributed by atoms with Gasteiger partial charge in [0.05, 0.1) is 6.42 Å². The van der Waals surface area contributed by atoms with Gasteiger partial charge in [-0.3, -0.25) is 9.59 Å². The van der Waals surface area contributed by atoms with Crippen molar-refractivity contribution in [3.63, 3.8) is 0 Å². The van der Waals surface area contributed by atoms with Gasteiger partial charge in [-0.2, -0.15) is 0 Å². The number of esters is 1. The monoisotopic (exact) mass is 690 g/mol. The highest BCUT2D eigenvalue weighted by Crippen LogP contribution is 2.17. The molecule has 0 heterocycles. The lowest BCUT2D eigenvalue weighted by Gasteiger charge is -2.21. The Hall–Kier alpha value is -2.11. The van der Waals surface area contributed by atoms with Crippen LogP contribution in [0.1, 0.15) is 214 Å². The molecule has 0 aromatic heterocycles. The number of nitrogens with one attached hydrogen (secondary N) is 1. The van der Waals surface area contributed by atoms with Gasteiger partial charge in [-0.25, -0.2) is 4.79 Å². The number of aliphatic carboxylic acids is 1. The van der Waals surface area contributed by atoms with Gasteiger partial charge >= 0.3 is 11.9 Å². The standard InChI is InChI=1S/C43H79NO5/c1-5-7-9-11-13-15-17-19-21-23-25-27-29-31-33-35-39(37-40(45)44-42(38(3)4)43(47)48)49-41(46)36-34-32-30-28-26-24-22-20-18-16-14-12-10-8-6-2/h19-22,38-39,42H,5-18,23-37H2,1-4H3,(H,44,45)(H,47,48)/t39?,42-/m0/s1. The maximum Gasteiger partial charge on any atom is 0.326 e. The van der Waals surface area contributed by atoms with E-state index in [2.05, 4.69) is 43.5 Å². The summed E-state index contributed by atoms with van der Waals surface area (Å²) >= 11 is 0. The first kappa shape index (κ1) is 46.9. The van der Waals surface area contributed by atoms with E-state index < -0.39 is 18.1 Å². The summed E-state index contributed by atoms with van der Waals surface area (Å²) in [4.78, 5) is 37.0. The zero-order chi connectivity index (χ0) is 36.2. The zero-order valence-electron chi connectivity index (χ0n) is 32.6. The lowest BCUT2D eigenvalue weighted by molar-refractivity contribution is -0.152. The Morgan fingerprint density at radius 3 is 1.37 bits per heavy atom. The molecular formula is C43H79NO5. The van der Waals surface area contributed by atoms with Gasteiger partial charge in [0.2, 0.25) is 5.91 Å². The largest absolute Gasteiger partial charge is 0.480 e. The maximum absolute atomic E-state index is 12.7. The molecule has 0 aliphatic carbocycles. The minimum atomic E-state index is -1.04. The maximum atomic E-state index is 12.7. The number of ether oxygens (including phenoxy) is 1. The molecule has 2 atom stereocenters. The summed E-state index contributed by atoms with van der Waals surface area (Å²) in [5.74, 6) is -1.89. The van der Waals surface area contributed by atoms with Gasteiger partial charge < -0.3 is 15.2 Å². The molecule has 6 nitrogen and oxygen atoms in total. The number of allylic oxidation sites excluding steroid dienone is 4. The second-order valence-corrected chi connectivity index (χ2v) is 14.7. The number of rotatable bonds is 36. The number of hydrogen-bond donors (Lipinski definition) is 2. The molecule has 0 bridgehead atoms. The topological polar surface area (TPSA) is 92.7 Å². The second kappa shape index (κ2) is 35.7.